The molecule has 0 aromatic carbocycles. The Morgan fingerprint density at radius 2 is 2.30 bits per heavy atom. The van der Waals surface area contributed by atoms with E-state index in [0.29, 0.717) is 5.92 Å². The third kappa shape index (κ3) is 3.17. The minimum absolute atomic E-state index is 0.125. The number of amides is 1. The number of fused-ring (bicyclic) bond motifs is 1. The van der Waals surface area contributed by atoms with Gasteiger partial charge in [-0.05, 0) is 49.8 Å². The predicted octanol–water partition coefficient (Wildman–Crippen LogP) is 4.40. The van der Waals surface area contributed by atoms with Crippen molar-refractivity contribution in [3.8, 4) is 10.4 Å². The number of aryl methyl sites for hydroxylation is 1. The van der Waals surface area contributed by atoms with Gasteiger partial charge in [-0.3, -0.25) is 14.9 Å². The zero-order valence-corrected chi connectivity index (χ0v) is 18.1. The highest BCUT2D eigenvalue weighted by Crippen LogP contribution is 2.50. The van der Waals surface area contributed by atoms with Gasteiger partial charge in [0.2, 0.25) is 0 Å². The van der Waals surface area contributed by atoms with E-state index < -0.39 is 5.60 Å². The number of piperidine rings is 1. The van der Waals surface area contributed by atoms with E-state index in [0.717, 1.165) is 59.5 Å². The number of aromatic amines is 1. The minimum Gasteiger partial charge on any atom is -0.372 e. The molecule has 5 rings (SSSR count). The number of methoxy groups -OCH3 is 1. The fourth-order valence-electron chi connectivity index (χ4n) is 5.32. The summed E-state index contributed by atoms with van der Waals surface area (Å²) in [5.74, 6) is 0.566. The highest BCUT2D eigenvalue weighted by molar-refractivity contribution is 7.13. The van der Waals surface area contributed by atoms with Gasteiger partial charge in [-0.15, -0.1) is 11.3 Å². The molecule has 3 aromatic rings. The van der Waals surface area contributed by atoms with Crippen LogP contribution in [0.5, 0.6) is 0 Å². The van der Waals surface area contributed by atoms with E-state index in [9.17, 15) is 4.79 Å². The van der Waals surface area contributed by atoms with E-state index in [1.807, 2.05) is 29.9 Å². The molecule has 0 bridgehead atoms. The second kappa shape index (κ2) is 7.63. The molecule has 3 unspecified atom stereocenters. The smallest absolute Gasteiger partial charge is 0.254 e. The molecule has 0 radical (unpaired) electrons. The molecule has 1 aliphatic carbocycles. The number of nitrogens with one attached hydrogen (secondary N) is 1. The van der Waals surface area contributed by atoms with Crippen LogP contribution in [-0.2, 0) is 10.3 Å². The average molecular weight is 423 g/mol. The van der Waals surface area contributed by atoms with Crippen molar-refractivity contribution in [1.29, 1.82) is 0 Å². The van der Waals surface area contributed by atoms with E-state index in [4.69, 9.17) is 4.74 Å². The lowest BCUT2D eigenvalue weighted by Gasteiger charge is -2.37. The fourth-order valence-corrected chi connectivity index (χ4v) is 6.18. The summed E-state index contributed by atoms with van der Waals surface area (Å²) in [6, 6.07) is 6.23. The van der Waals surface area contributed by atoms with Gasteiger partial charge in [0, 0.05) is 54.3 Å². The quantitative estimate of drug-likeness (QED) is 0.677. The molecule has 7 heteroatoms. The van der Waals surface area contributed by atoms with Crippen molar-refractivity contribution in [3.63, 3.8) is 0 Å². The molecule has 2 aliphatic rings. The fraction of sp³-hybridized carbons (Fsp3) is 0.435. The second-order valence-electron chi connectivity index (χ2n) is 8.43. The molecule has 1 aliphatic heterocycles. The van der Waals surface area contributed by atoms with Crippen LogP contribution in [0.1, 0.15) is 47.3 Å². The van der Waals surface area contributed by atoms with Gasteiger partial charge in [-0.2, -0.15) is 5.10 Å². The van der Waals surface area contributed by atoms with Gasteiger partial charge < -0.3 is 9.64 Å². The Balaban J connectivity index is 1.42. The Hall–Kier alpha value is -2.51. The van der Waals surface area contributed by atoms with Crippen LogP contribution < -0.4 is 0 Å². The van der Waals surface area contributed by atoms with Crippen molar-refractivity contribution < 1.29 is 9.53 Å². The van der Waals surface area contributed by atoms with E-state index in [1.165, 1.54) is 0 Å². The summed E-state index contributed by atoms with van der Waals surface area (Å²) in [7, 11) is 1.79. The number of aromatic nitrogens is 3. The van der Waals surface area contributed by atoms with E-state index >= 15 is 0 Å². The number of carbonyl (C=O) groups is 1. The number of H-pyrrole nitrogens is 1. The average Bonchev–Trinajstić information content (AvgIpc) is 3.52. The zero-order valence-electron chi connectivity index (χ0n) is 17.3. The maximum atomic E-state index is 13.5. The molecule has 1 saturated carbocycles. The minimum atomic E-state index is -0.417. The largest absolute Gasteiger partial charge is 0.372 e. The van der Waals surface area contributed by atoms with Gasteiger partial charge in [0.15, 0.2) is 0 Å². The monoisotopic (exact) mass is 422 g/mol. The Kier molecular flexibility index (Phi) is 4.95. The zero-order chi connectivity index (χ0) is 20.7. The standard InChI is InChI=1S/C23H26N4O2S/c1-15-5-3-7-24-21(15)23(29-2)10-16-6-4-8-27(19(16)11-23)22(28)17-9-20(30-14-17)18-12-25-26-13-18/h3,5,7,9,12-14,16,19H,4,6,8,10-11H2,1-2H3,(H,25,26). The number of nitrogens with zero attached hydrogens (tertiary/aromatic N) is 3. The number of ether oxygens (including phenoxy) is 1. The molecule has 156 valence electrons. The molecule has 4 heterocycles. The molecular weight excluding hydrogens is 396 g/mol. The van der Waals surface area contributed by atoms with E-state index in [-0.39, 0.29) is 11.9 Å². The van der Waals surface area contributed by atoms with Crippen LogP contribution in [-0.4, -0.2) is 45.7 Å². The van der Waals surface area contributed by atoms with Crippen LogP contribution >= 0.6 is 11.3 Å². The van der Waals surface area contributed by atoms with Crippen molar-refractivity contribution in [1.82, 2.24) is 20.1 Å². The van der Waals surface area contributed by atoms with E-state index in [1.54, 1.807) is 24.6 Å². The lowest BCUT2D eigenvalue weighted by atomic mass is 9.90. The maximum absolute atomic E-state index is 13.5. The number of pyridine rings is 1. The highest BCUT2D eigenvalue weighted by Gasteiger charge is 2.52. The van der Waals surface area contributed by atoms with Crippen LogP contribution in [0.15, 0.2) is 42.2 Å². The highest BCUT2D eigenvalue weighted by atomic mass is 32.1. The van der Waals surface area contributed by atoms with Crippen molar-refractivity contribution in [2.75, 3.05) is 13.7 Å². The van der Waals surface area contributed by atoms with Crippen molar-refractivity contribution in [2.24, 2.45) is 5.92 Å². The lowest BCUT2D eigenvalue weighted by Crippen LogP contribution is -2.46. The summed E-state index contributed by atoms with van der Waals surface area (Å²) >= 11 is 1.59. The van der Waals surface area contributed by atoms with Gasteiger partial charge in [0.05, 0.1) is 17.5 Å². The Morgan fingerprint density at radius 3 is 3.07 bits per heavy atom. The molecule has 0 spiro atoms. The molecule has 1 amide bonds. The van der Waals surface area contributed by atoms with E-state index in [2.05, 4.69) is 33.1 Å². The van der Waals surface area contributed by atoms with Crippen molar-refractivity contribution in [2.45, 2.75) is 44.2 Å². The Bertz CT molecular complexity index is 1050. The van der Waals surface area contributed by atoms with Crippen LogP contribution in [0.3, 0.4) is 0 Å². The summed E-state index contributed by atoms with van der Waals surface area (Å²) < 4.78 is 6.14. The summed E-state index contributed by atoms with van der Waals surface area (Å²) in [6.07, 6.45) is 9.38. The van der Waals surface area contributed by atoms with Crippen LogP contribution in [0.4, 0.5) is 0 Å². The normalized spacial score (nSPS) is 26.0. The molecule has 6 nitrogen and oxygen atoms in total. The van der Waals surface area contributed by atoms with Gasteiger partial charge in [-0.25, -0.2) is 0 Å². The van der Waals surface area contributed by atoms with Gasteiger partial charge >= 0.3 is 0 Å². The topological polar surface area (TPSA) is 71.1 Å². The summed E-state index contributed by atoms with van der Waals surface area (Å²) in [4.78, 5) is 21.3. The molecular formula is C23H26N4O2S. The Labute approximate surface area is 180 Å². The first-order chi connectivity index (χ1) is 14.6. The number of carbonyl (C=O) groups excluding carboxylic acids is 1. The first kappa shape index (κ1) is 19.5. The first-order valence-electron chi connectivity index (χ1n) is 10.5. The molecule has 2 fully saturated rings. The predicted molar refractivity (Wildman–Crippen MR) is 116 cm³/mol. The SMILES string of the molecule is COC1(c2ncccc2C)CC2CCCN(C(=O)c3csc(-c4cn[nH]c4)c3)C2C1. The molecule has 3 atom stereocenters. The molecule has 30 heavy (non-hydrogen) atoms. The third-order valence-corrected chi connectivity index (χ3v) is 7.75. The second-order valence-corrected chi connectivity index (χ2v) is 9.34. The third-order valence-electron chi connectivity index (χ3n) is 6.77. The lowest BCUT2D eigenvalue weighted by molar-refractivity contribution is -0.0191. The van der Waals surface area contributed by atoms with Gasteiger partial charge in [0.1, 0.15) is 5.60 Å². The number of hydrogen-bond donors (Lipinski definition) is 1. The molecule has 3 aromatic heterocycles. The maximum Gasteiger partial charge on any atom is 0.254 e. The van der Waals surface area contributed by atoms with Gasteiger partial charge in [0.25, 0.3) is 5.91 Å². The summed E-state index contributed by atoms with van der Waals surface area (Å²) in [6.45, 7) is 2.90. The molecule has 1 N–H and O–H groups in total. The molecule has 1 saturated heterocycles. The number of hydrogen-bond acceptors (Lipinski definition) is 5. The summed E-state index contributed by atoms with van der Waals surface area (Å²) in [5, 5.41) is 8.82. The number of likely N-dealkylation sites (tertiary alicyclic amines) is 1. The van der Waals surface area contributed by atoms with Crippen molar-refractivity contribution in [3.05, 3.63) is 59.0 Å². The number of thiophene rings is 1. The van der Waals surface area contributed by atoms with Crippen LogP contribution in [0.25, 0.3) is 10.4 Å². The Morgan fingerprint density at radius 1 is 1.40 bits per heavy atom. The van der Waals surface area contributed by atoms with Crippen molar-refractivity contribution >= 4 is 17.2 Å². The van der Waals surface area contributed by atoms with Gasteiger partial charge in [-0.1, -0.05) is 6.07 Å². The van der Waals surface area contributed by atoms with Crippen LogP contribution in [0, 0.1) is 12.8 Å². The number of rotatable bonds is 4. The van der Waals surface area contributed by atoms with Crippen LogP contribution in [0.2, 0.25) is 0 Å². The first-order valence-corrected chi connectivity index (χ1v) is 11.4. The summed E-state index contributed by atoms with van der Waals surface area (Å²) in [5.41, 5.74) is 3.53.